The molecule has 19 nitrogen and oxygen atoms in total. The van der Waals surface area contributed by atoms with Crippen LogP contribution in [0.15, 0.2) is 53.4 Å². The number of hydrogen-bond acceptors (Lipinski definition) is 13. The van der Waals surface area contributed by atoms with E-state index >= 15 is 0 Å². The highest BCUT2D eigenvalue weighted by molar-refractivity contribution is 7.89. The fraction of sp³-hybridized carbons (Fsp3) is 0.642. The predicted octanol–water partition coefficient (Wildman–Crippen LogP) is 3.91. The van der Waals surface area contributed by atoms with E-state index in [9.17, 15) is 47.1 Å². The number of likely N-dealkylation sites (N-methyl/N-ethyl adjacent to an activating group) is 2. The van der Waals surface area contributed by atoms with Crippen LogP contribution in [0.2, 0.25) is 0 Å². The molecule has 2 aromatic rings. The molecule has 4 rings (SSSR count). The van der Waals surface area contributed by atoms with Gasteiger partial charge in [0, 0.05) is 27.1 Å². The zero-order valence-electron chi connectivity index (χ0n) is 44.9. The standard InChI is InChI=1S/C53H80N6O13S/c1-14-34(9)45-43(60)29-44(61)72-47(32(6)7)50(64)54-39(26-30(2)3)51(65)59-25-15-16-40(59)52(66)57(11)42(28-36-19-21-37(70-13)22-20-36)53(67)71-35(10)46(49(63)55-45)56-48(62)41(27-31(4)5)58(12)73(68,69)38-23-17-33(8)18-24-38/h17-24,30-32,34-35,39-43,45-47,60H,14-16,25-29H2,1-13H3,(H,54,64)(H,55,63)(H,56,62). The third-order valence-corrected chi connectivity index (χ3v) is 15.7. The zero-order chi connectivity index (χ0) is 54.6. The number of carbonyl (C=O) groups excluding carboxylic acids is 7. The number of fused-ring (bicyclic) bond motifs is 1. The van der Waals surface area contributed by atoms with E-state index < -0.39 is 124 Å². The lowest BCUT2D eigenvalue weighted by Crippen LogP contribution is -2.61. The van der Waals surface area contributed by atoms with Crippen molar-refractivity contribution in [1.29, 1.82) is 0 Å². The van der Waals surface area contributed by atoms with Gasteiger partial charge in [0.25, 0.3) is 5.91 Å². The molecule has 0 saturated carbocycles. The molecule has 10 atom stereocenters. The molecular formula is C53H80N6O13S. The summed E-state index contributed by atoms with van der Waals surface area (Å²) in [7, 11) is -0.102. The van der Waals surface area contributed by atoms with E-state index in [2.05, 4.69) is 16.0 Å². The molecule has 2 heterocycles. The van der Waals surface area contributed by atoms with Crippen molar-refractivity contribution >= 4 is 51.5 Å². The first-order valence-electron chi connectivity index (χ1n) is 25.5. The average Bonchev–Trinajstić information content (AvgIpc) is 3.83. The van der Waals surface area contributed by atoms with Crippen molar-refractivity contribution in [2.75, 3.05) is 27.7 Å². The molecule has 406 valence electrons. The Balaban J connectivity index is 1.89. The smallest absolute Gasteiger partial charge is 0.329 e. The maximum absolute atomic E-state index is 14.9. The van der Waals surface area contributed by atoms with Gasteiger partial charge in [-0.25, -0.2) is 13.2 Å². The summed E-state index contributed by atoms with van der Waals surface area (Å²) in [5.41, 5.74) is 1.41. The Kier molecular flexibility index (Phi) is 21.8. The van der Waals surface area contributed by atoms with Crippen LogP contribution in [-0.2, 0) is 59.5 Å². The molecule has 0 spiro atoms. The molecule has 4 N–H and O–H groups in total. The number of nitrogens with one attached hydrogen (secondary N) is 3. The Morgan fingerprint density at radius 3 is 2.10 bits per heavy atom. The molecule has 2 aromatic carbocycles. The zero-order valence-corrected chi connectivity index (χ0v) is 45.7. The number of cyclic esters (lactones) is 2. The molecule has 0 radical (unpaired) electrons. The molecule has 2 aliphatic heterocycles. The number of carbonyl (C=O) groups is 7. The van der Waals surface area contributed by atoms with Gasteiger partial charge < -0.3 is 45.1 Å². The number of sulfonamides is 1. The normalized spacial score (nSPS) is 25.4. The van der Waals surface area contributed by atoms with Gasteiger partial charge in [-0.2, -0.15) is 4.31 Å². The molecule has 5 amide bonds. The lowest BCUT2D eigenvalue weighted by molar-refractivity contribution is -0.162. The van der Waals surface area contributed by atoms with Crippen LogP contribution in [0.4, 0.5) is 0 Å². The maximum atomic E-state index is 14.9. The molecule has 2 aliphatic rings. The minimum absolute atomic E-state index is 0.0113. The number of methoxy groups -OCH3 is 1. The van der Waals surface area contributed by atoms with Crippen LogP contribution in [0.3, 0.4) is 0 Å². The van der Waals surface area contributed by atoms with Crippen molar-refractivity contribution in [3.8, 4) is 5.75 Å². The van der Waals surface area contributed by atoms with Gasteiger partial charge >= 0.3 is 11.9 Å². The summed E-state index contributed by atoms with van der Waals surface area (Å²) in [6, 6.07) is 5.06. The lowest BCUT2D eigenvalue weighted by atomic mass is 9.92. The van der Waals surface area contributed by atoms with Crippen LogP contribution in [0.5, 0.6) is 5.75 Å². The summed E-state index contributed by atoms with van der Waals surface area (Å²) in [4.78, 5) is 104. The van der Waals surface area contributed by atoms with E-state index in [1.807, 2.05) is 13.8 Å². The molecule has 0 bridgehead atoms. The highest BCUT2D eigenvalue weighted by Gasteiger charge is 2.45. The Morgan fingerprint density at radius 1 is 0.904 bits per heavy atom. The second-order valence-electron chi connectivity index (χ2n) is 20.9. The SMILES string of the molecule is CCC(C)C1NC(=O)C(NC(=O)C(CC(C)C)N(C)S(=O)(=O)c2ccc(C)cc2)C(C)OC(=O)C(Cc2ccc(OC)cc2)N(C)C(=O)C2CCCN2C(=O)C(CC(C)C)NC(=O)C(C(C)C)OC(=O)CC1O. The van der Waals surface area contributed by atoms with E-state index in [4.69, 9.17) is 14.2 Å². The summed E-state index contributed by atoms with van der Waals surface area (Å²) in [5, 5.41) is 20.0. The van der Waals surface area contributed by atoms with Crippen molar-refractivity contribution in [3.05, 3.63) is 59.7 Å². The number of benzene rings is 2. The second kappa shape index (κ2) is 26.6. The monoisotopic (exact) mass is 1040 g/mol. The van der Waals surface area contributed by atoms with Gasteiger partial charge in [0.1, 0.15) is 42.1 Å². The van der Waals surface area contributed by atoms with E-state index in [0.717, 1.165) is 9.87 Å². The van der Waals surface area contributed by atoms with E-state index in [1.54, 1.807) is 84.9 Å². The highest BCUT2D eigenvalue weighted by atomic mass is 32.2. The Morgan fingerprint density at radius 2 is 1.53 bits per heavy atom. The number of amides is 5. The highest BCUT2D eigenvalue weighted by Crippen LogP contribution is 2.27. The van der Waals surface area contributed by atoms with Crippen molar-refractivity contribution in [2.24, 2.45) is 23.7 Å². The van der Waals surface area contributed by atoms with Crippen LogP contribution < -0.4 is 20.7 Å². The number of esters is 2. The molecule has 10 unspecified atom stereocenters. The third kappa shape index (κ3) is 15.7. The maximum Gasteiger partial charge on any atom is 0.329 e. The van der Waals surface area contributed by atoms with Gasteiger partial charge in [-0.15, -0.1) is 0 Å². The fourth-order valence-corrected chi connectivity index (χ4v) is 10.5. The number of aliphatic hydroxyl groups excluding tert-OH is 1. The van der Waals surface area contributed by atoms with Crippen LogP contribution in [0, 0.1) is 30.6 Å². The molecule has 0 aromatic heterocycles. The third-order valence-electron chi connectivity index (χ3n) is 13.8. The predicted molar refractivity (Wildman–Crippen MR) is 273 cm³/mol. The van der Waals surface area contributed by atoms with Crippen molar-refractivity contribution < 1.29 is 61.3 Å². The van der Waals surface area contributed by atoms with Gasteiger partial charge in [-0.05, 0) is 93.0 Å². The van der Waals surface area contributed by atoms with Crippen molar-refractivity contribution in [3.63, 3.8) is 0 Å². The molecule has 0 aliphatic carbocycles. The topological polar surface area (TPSA) is 247 Å². The van der Waals surface area contributed by atoms with Crippen molar-refractivity contribution in [2.45, 2.75) is 174 Å². The van der Waals surface area contributed by atoms with Gasteiger partial charge in [0.15, 0.2) is 6.10 Å². The summed E-state index contributed by atoms with van der Waals surface area (Å²) in [5.74, 6) is -6.57. The Hall–Kier alpha value is -5.60. The number of ether oxygens (including phenoxy) is 3. The molecular weight excluding hydrogens is 961 g/mol. The molecule has 2 fully saturated rings. The fourth-order valence-electron chi connectivity index (χ4n) is 9.18. The number of hydrogen-bond donors (Lipinski definition) is 4. The van der Waals surface area contributed by atoms with E-state index in [0.29, 0.717) is 24.2 Å². The van der Waals surface area contributed by atoms with Crippen molar-refractivity contribution in [1.82, 2.24) is 30.1 Å². The van der Waals surface area contributed by atoms with Crippen LogP contribution in [-0.4, -0.2) is 151 Å². The first-order chi connectivity index (χ1) is 34.2. The van der Waals surface area contributed by atoms with Gasteiger partial charge in [-0.3, -0.25) is 28.8 Å². The lowest BCUT2D eigenvalue weighted by Gasteiger charge is -2.35. The molecule has 20 heteroatoms. The molecule has 2 saturated heterocycles. The van der Waals surface area contributed by atoms with Crippen LogP contribution in [0.25, 0.3) is 0 Å². The minimum atomic E-state index is -4.29. The largest absolute Gasteiger partial charge is 0.497 e. The first-order valence-corrected chi connectivity index (χ1v) is 26.9. The Bertz CT molecular complexity index is 2340. The first kappa shape index (κ1) is 60.0. The van der Waals surface area contributed by atoms with Gasteiger partial charge in [-0.1, -0.05) is 91.6 Å². The van der Waals surface area contributed by atoms with Crippen LogP contribution >= 0.6 is 0 Å². The second-order valence-corrected chi connectivity index (χ2v) is 22.8. The van der Waals surface area contributed by atoms with Gasteiger partial charge in [0.2, 0.25) is 33.7 Å². The summed E-state index contributed by atoms with van der Waals surface area (Å²) in [6.45, 7) is 17.5. The quantitative estimate of drug-likeness (QED) is 0.185. The number of rotatable bonds is 15. The van der Waals surface area contributed by atoms with Gasteiger partial charge in [0.05, 0.1) is 30.6 Å². The number of nitrogens with zero attached hydrogens (tertiary/aromatic N) is 3. The summed E-state index contributed by atoms with van der Waals surface area (Å²) >= 11 is 0. The minimum Gasteiger partial charge on any atom is -0.497 e. The summed E-state index contributed by atoms with van der Waals surface area (Å²) < 4.78 is 46.3. The number of aryl methyl sites for hydroxylation is 1. The van der Waals surface area contributed by atoms with Crippen LogP contribution in [0.1, 0.15) is 112 Å². The summed E-state index contributed by atoms with van der Waals surface area (Å²) in [6.07, 6.45) is -4.06. The van der Waals surface area contributed by atoms with E-state index in [-0.39, 0.29) is 49.0 Å². The number of aliphatic hydroxyl groups is 1. The van der Waals surface area contributed by atoms with E-state index in [1.165, 1.54) is 50.1 Å². The average molecular weight is 1040 g/mol. The molecule has 73 heavy (non-hydrogen) atoms. The Labute approximate surface area is 431 Å².